The molecule has 3 rings (SSSR count). The second kappa shape index (κ2) is 7.70. The lowest BCUT2D eigenvalue weighted by atomic mass is 10.0. The highest BCUT2D eigenvalue weighted by Crippen LogP contribution is 2.21. The van der Waals surface area contributed by atoms with Crippen LogP contribution in [0.2, 0.25) is 0 Å². The molecule has 1 amide bonds. The fourth-order valence-electron chi connectivity index (χ4n) is 2.84. The lowest BCUT2D eigenvalue weighted by Crippen LogP contribution is -2.45. The van der Waals surface area contributed by atoms with Crippen molar-refractivity contribution in [1.29, 1.82) is 0 Å². The molecule has 6 nitrogen and oxygen atoms in total. The number of thioether (sulfide) groups is 1. The Hall–Kier alpha value is -2.02. The molecular weight excluding hydrogens is 324 g/mol. The zero-order valence-corrected chi connectivity index (χ0v) is 14.8. The van der Waals surface area contributed by atoms with Crippen molar-refractivity contribution in [2.45, 2.75) is 38.0 Å². The van der Waals surface area contributed by atoms with Gasteiger partial charge in [0, 0.05) is 31.7 Å². The van der Waals surface area contributed by atoms with Gasteiger partial charge in [0.05, 0.1) is 5.75 Å². The van der Waals surface area contributed by atoms with Gasteiger partial charge in [-0.3, -0.25) is 4.79 Å². The van der Waals surface area contributed by atoms with Crippen LogP contribution < -0.4 is 10.2 Å². The van der Waals surface area contributed by atoms with E-state index in [-0.39, 0.29) is 11.9 Å². The smallest absolute Gasteiger partial charge is 0.277 e. The lowest BCUT2D eigenvalue weighted by Gasteiger charge is -2.34. The summed E-state index contributed by atoms with van der Waals surface area (Å²) in [5, 5.41) is 11.2. The molecule has 0 unspecified atom stereocenters. The monoisotopic (exact) mass is 346 g/mol. The fourth-order valence-corrected chi connectivity index (χ4v) is 3.46. The Labute approximate surface area is 146 Å². The number of carbonyl (C=O) groups excluding carboxylic acids is 1. The largest absolute Gasteiger partial charge is 0.416 e. The summed E-state index contributed by atoms with van der Waals surface area (Å²) in [4.78, 5) is 14.4. The highest BCUT2D eigenvalue weighted by molar-refractivity contribution is 7.99. The van der Waals surface area contributed by atoms with Crippen molar-refractivity contribution in [1.82, 2.24) is 15.5 Å². The van der Waals surface area contributed by atoms with E-state index in [1.165, 1.54) is 23.0 Å². The number of nitrogens with zero attached hydrogens (tertiary/aromatic N) is 3. The minimum atomic E-state index is 0.0184. The Bertz CT molecular complexity index is 695. The molecule has 128 valence electrons. The summed E-state index contributed by atoms with van der Waals surface area (Å²) in [7, 11) is 0. The predicted molar refractivity (Wildman–Crippen MR) is 94.3 cm³/mol. The Kier molecular flexibility index (Phi) is 5.40. The average molecular weight is 346 g/mol. The lowest BCUT2D eigenvalue weighted by molar-refractivity contribution is -0.119. The van der Waals surface area contributed by atoms with Gasteiger partial charge in [-0.05, 0) is 37.5 Å². The van der Waals surface area contributed by atoms with Gasteiger partial charge in [0.2, 0.25) is 11.8 Å². The van der Waals surface area contributed by atoms with Gasteiger partial charge in [-0.15, -0.1) is 10.2 Å². The van der Waals surface area contributed by atoms with E-state index in [2.05, 4.69) is 51.6 Å². The second-order valence-corrected chi connectivity index (χ2v) is 6.97. The molecule has 1 N–H and O–H groups in total. The molecule has 1 aromatic carbocycles. The molecule has 7 heteroatoms. The van der Waals surface area contributed by atoms with Gasteiger partial charge in [-0.1, -0.05) is 23.9 Å². The van der Waals surface area contributed by atoms with Crippen molar-refractivity contribution in [3.05, 3.63) is 35.7 Å². The summed E-state index contributed by atoms with van der Waals surface area (Å²) < 4.78 is 5.25. The number of rotatable bonds is 5. The van der Waals surface area contributed by atoms with Gasteiger partial charge in [-0.25, -0.2) is 0 Å². The molecule has 0 atom stereocenters. The second-order valence-electron chi connectivity index (χ2n) is 6.04. The maximum Gasteiger partial charge on any atom is 0.277 e. The van der Waals surface area contributed by atoms with E-state index in [0.717, 1.165) is 25.9 Å². The third-order valence-electron chi connectivity index (χ3n) is 4.06. The topological polar surface area (TPSA) is 71.3 Å². The molecule has 1 fully saturated rings. The number of carbonyl (C=O) groups is 1. The third-order valence-corrected chi connectivity index (χ3v) is 4.88. The van der Waals surface area contributed by atoms with E-state index in [1.54, 1.807) is 6.92 Å². The minimum absolute atomic E-state index is 0.0184. The summed E-state index contributed by atoms with van der Waals surface area (Å²) in [6.07, 6.45) is 1.92. The Morgan fingerprint density at radius 3 is 2.79 bits per heavy atom. The summed E-state index contributed by atoms with van der Waals surface area (Å²) in [5.74, 6) is 0.839. The Balaban J connectivity index is 1.42. The van der Waals surface area contributed by atoms with Crippen LogP contribution in [0, 0.1) is 13.8 Å². The Morgan fingerprint density at radius 1 is 1.33 bits per heavy atom. The van der Waals surface area contributed by atoms with E-state index >= 15 is 0 Å². The van der Waals surface area contributed by atoms with Crippen LogP contribution in [0.15, 0.2) is 33.9 Å². The first-order chi connectivity index (χ1) is 11.6. The summed E-state index contributed by atoms with van der Waals surface area (Å²) in [6.45, 7) is 5.77. The third kappa shape index (κ3) is 4.50. The summed E-state index contributed by atoms with van der Waals surface area (Å²) in [5.41, 5.74) is 2.54. The zero-order chi connectivity index (χ0) is 16.9. The van der Waals surface area contributed by atoms with Crippen molar-refractivity contribution < 1.29 is 9.21 Å². The van der Waals surface area contributed by atoms with Gasteiger partial charge in [0.25, 0.3) is 5.22 Å². The fraction of sp³-hybridized carbons (Fsp3) is 0.471. The quantitative estimate of drug-likeness (QED) is 0.839. The van der Waals surface area contributed by atoms with Crippen LogP contribution >= 0.6 is 11.8 Å². The zero-order valence-electron chi connectivity index (χ0n) is 14.0. The van der Waals surface area contributed by atoms with Gasteiger partial charge >= 0.3 is 0 Å². The number of amides is 1. The summed E-state index contributed by atoms with van der Waals surface area (Å²) >= 11 is 1.27. The molecule has 2 heterocycles. The number of aryl methyl sites for hydroxylation is 2. The van der Waals surface area contributed by atoms with Gasteiger partial charge in [0.15, 0.2) is 0 Å². The first kappa shape index (κ1) is 16.8. The SMILES string of the molecule is Cc1cccc(N2CCC(NC(=O)CSc3nnc(C)o3)CC2)c1. The van der Waals surface area contributed by atoms with E-state index < -0.39 is 0 Å². The molecule has 1 saturated heterocycles. The highest BCUT2D eigenvalue weighted by atomic mass is 32.2. The molecule has 0 radical (unpaired) electrons. The van der Waals surface area contributed by atoms with E-state index in [1.807, 2.05) is 0 Å². The number of anilines is 1. The van der Waals surface area contributed by atoms with Crippen molar-refractivity contribution >= 4 is 23.4 Å². The predicted octanol–water partition coefficient (Wildman–Crippen LogP) is 2.56. The summed E-state index contributed by atoms with van der Waals surface area (Å²) in [6, 6.07) is 8.80. The number of hydrogen-bond acceptors (Lipinski definition) is 6. The number of hydrogen-bond donors (Lipinski definition) is 1. The maximum atomic E-state index is 12.1. The van der Waals surface area contributed by atoms with Gasteiger partial charge in [-0.2, -0.15) is 0 Å². The van der Waals surface area contributed by atoms with Gasteiger partial charge in [0.1, 0.15) is 0 Å². The normalized spacial score (nSPS) is 15.5. The standard InChI is InChI=1S/C17H22N4O2S/c1-12-4-3-5-15(10-12)21-8-6-14(7-9-21)18-16(22)11-24-17-20-19-13(2)23-17/h3-5,10,14H,6-9,11H2,1-2H3,(H,18,22). The molecule has 2 aromatic rings. The molecule has 1 aliphatic rings. The first-order valence-electron chi connectivity index (χ1n) is 8.14. The molecule has 0 saturated carbocycles. The number of nitrogens with one attached hydrogen (secondary N) is 1. The number of piperidine rings is 1. The van der Waals surface area contributed by atoms with E-state index in [4.69, 9.17) is 4.42 Å². The van der Waals surface area contributed by atoms with Crippen LogP contribution in [0.25, 0.3) is 0 Å². The molecule has 0 aliphatic carbocycles. The van der Waals surface area contributed by atoms with Crippen LogP contribution in [0.1, 0.15) is 24.3 Å². The van der Waals surface area contributed by atoms with Crippen LogP contribution in [-0.2, 0) is 4.79 Å². The van der Waals surface area contributed by atoms with Crippen LogP contribution in [0.3, 0.4) is 0 Å². The van der Waals surface area contributed by atoms with E-state index in [0.29, 0.717) is 16.9 Å². The molecule has 0 spiro atoms. The highest BCUT2D eigenvalue weighted by Gasteiger charge is 2.21. The molecular formula is C17H22N4O2S. The average Bonchev–Trinajstić information content (AvgIpc) is 2.99. The van der Waals surface area contributed by atoms with E-state index in [9.17, 15) is 4.79 Å². The van der Waals surface area contributed by atoms with Crippen molar-refractivity contribution in [2.24, 2.45) is 0 Å². The minimum Gasteiger partial charge on any atom is -0.416 e. The molecule has 1 aliphatic heterocycles. The van der Waals surface area contributed by atoms with Crippen LogP contribution in [0.4, 0.5) is 5.69 Å². The van der Waals surface area contributed by atoms with Crippen LogP contribution in [0.5, 0.6) is 0 Å². The number of benzene rings is 1. The maximum absolute atomic E-state index is 12.1. The number of aromatic nitrogens is 2. The molecule has 24 heavy (non-hydrogen) atoms. The Morgan fingerprint density at radius 2 is 2.12 bits per heavy atom. The molecule has 1 aromatic heterocycles. The van der Waals surface area contributed by atoms with Crippen molar-refractivity contribution in [3.8, 4) is 0 Å². The van der Waals surface area contributed by atoms with Crippen molar-refractivity contribution in [3.63, 3.8) is 0 Å². The van der Waals surface area contributed by atoms with Crippen molar-refractivity contribution in [2.75, 3.05) is 23.7 Å². The van der Waals surface area contributed by atoms with Gasteiger partial charge < -0.3 is 14.6 Å². The molecule has 0 bridgehead atoms. The van der Waals surface area contributed by atoms with Crippen LogP contribution in [-0.4, -0.2) is 41.0 Å². The first-order valence-corrected chi connectivity index (χ1v) is 9.12.